The predicted molar refractivity (Wildman–Crippen MR) is 144 cm³/mol. The highest BCUT2D eigenvalue weighted by Gasteiger charge is 2.42. The maximum absolute atomic E-state index is 13.2. The van der Waals surface area contributed by atoms with Gasteiger partial charge in [-0.3, -0.25) is 9.59 Å². The minimum Gasteiger partial charge on any atom is -0.457 e. The van der Waals surface area contributed by atoms with Crippen LogP contribution in [0.2, 0.25) is 0 Å². The second-order valence-corrected chi connectivity index (χ2v) is 11.9. The van der Waals surface area contributed by atoms with Gasteiger partial charge in [-0.25, -0.2) is 4.98 Å². The number of nitrogens with two attached hydrogens (primary N) is 1. The van der Waals surface area contributed by atoms with Crippen molar-refractivity contribution in [2.45, 2.75) is 99.0 Å². The van der Waals surface area contributed by atoms with Gasteiger partial charge in [-0.05, 0) is 50.7 Å². The van der Waals surface area contributed by atoms with Gasteiger partial charge < -0.3 is 20.7 Å². The van der Waals surface area contributed by atoms with E-state index in [-0.39, 0.29) is 24.0 Å². The highest BCUT2D eigenvalue weighted by molar-refractivity contribution is 7.09. The molecule has 8 heteroatoms. The summed E-state index contributed by atoms with van der Waals surface area (Å²) in [6, 6.07) is 0. The molecule has 1 aromatic rings. The van der Waals surface area contributed by atoms with E-state index in [0.717, 1.165) is 35.5 Å². The summed E-state index contributed by atoms with van der Waals surface area (Å²) in [5.41, 5.74) is 7.26. The highest BCUT2D eigenvalue weighted by atomic mass is 32.1. The molecule has 2 rings (SSSR count). The van der Waals surface area contributed by atoms with Gasteiger partial charge >= 0.3 is 5.97 Å². The Labute approximate surface area is 219 Å². The molecule has 6 atom stereocenters. The molecule has 0 bridgehead atoms. The van der Waals surface area contributed by atoms with Crippen LogP contribution in [-0.2, 0) is 20.9 Å². The van der Waals surface area contributed by atoms with Gasteiger partial charge in [0.1, 0.15) is 16.9 Å². The maximum Gasteiger partial charge on any atom is 0.309 e. The van der Waals surface area contributed by atoms with Crippen molar-refractivity contribution in [3.63, 3.8) is 0 Å². The van der Waals surface area contributed by atoms with Crippen LogP contribution in [0.25, 0.3) is 6.08 Å². The van der Waals surface area contributed by atoms with Crippen LogP contribution in [0.3, 0.4) is 0 Å². The predicted octanol–water partition coefficient (Wildman–Crippen LogP) is 4.66. The molecule has 0 fully saturated rings. The minimum atomic E-state index is -1.24. The van der Waals surface area contributed by atoms with E-state index >= 15 is 0 Å². The zero-order chi connectivity index (χ0) is 27.2. The number of carbonyl (C=O) groups is 2. The number of aliphatic hydroxyl groups is 2. The lowest BCUT2D eigenvalue weighted by atomic mass is 9.73. The van der Waals surface area contributed by atoms with Gasteiger partial charge in [0.2, 0.25) is 0 Å². The molecule has 0 aromatic carbocycles. The second kappa shape index (κ2) is 13.1. The Morgan fingerprint density at radius 1 is 1.28 bits per heavy atom. The number of Topliss-reactive ketones (excluding diaryl/α,β-unsaturated/α-hetero) is 1. The number of esters is 1. The van der Waals surface area contributed by atoms with Crippen LogP contribution in [0.1, 0.15) is 84.9 Å². The molecule has 0 saturated carbocycles. The summed E-state index contributed by atoms with van der Waals surface area (Å²) in [5.74, 6) is -1.66. The third-order valence-electron chi connectivity index (χ3n) is 7.42. The monoisotopic (exact) mass is 520 g/mol. The number of nitrogens with zero attached hydrogens (tertiary/aromatic N) is 1. The van der Waals surface area contributed by atoms with E-state index in [1.165, 1.54) is 16.9 Å². The Morgan fingerprint density at radius 2 is 1.94 bits per heavy atom. The molecule has 0 amide bonds. The molecule has 0 saturated heterocycles. The summed E-state index contributed by atoms with van der Waals surface area (Å²) in [6.07, 6.45) is 3.63. The van der Waals surface area contributed by atoms with Gasteiger partial charge in [0.05, 0.1) is 29.7 Å². The number of carbonyl (C=O) groups excluding carboxylic acids is 2. The lowest BCUT2D eigenvalue weighted by Crippen LogP contribution is -2.45. The molecule has 0 radical (unpaired) electrons. The maximum atomic E-state index is 13.2. The molecule has 1 aliphatic heterocycles. The van der Waals surface area contributed by atoms with E-state index in [4.69, 9.17) is 10.5 Å². The molecule has 0 aliphatic carbocycles. The van der Waals surface area contributed by atoms with E-state index < -0.39 is 35.6 Å². The van der Waals surface area contributed by atoms with Crippen molar-refractivity contribution >= 4 is 29.2 Å². The third-order valence-corrected chi connectivity index (χ3v) is 8.31. The van der Waals surface area contributed by atoms with Gasteiger partial charge in [-0.15, -0.1) is 11.3 Å². The van der Waals surface area contributed by atoms with Crippen LogP contribution in [0, 0.1) is 23.2 Å². The zero-order valence-corrected chi connectivity index (χ0v) is 23.6. The Morgan fingerprint density at radius 3 is 2.56 bits per heavy atom. The van der Waals surface area contributed by atoms with Gasteiger partial charge in [-0.1, -0.05) is 46.3 Å². The first kappa shape index (κ1) is 30.4. The summed E-state index contributed by atoms with van der Waals surface area (Å²) in [6.45, 7) is 13.2. The fourth-order valence-corrected chi connectivity index (χ4v) is 5.54. The van der Waals surface area contributed by atoms with Crippen LogP contribution in [0.4, 0.5) is 0 Å². The summed E-state index contributed by atoms with van der Waals surface area (Å²) in [4.78, 5) is 30.7. The molecule has 2 heterocycles. The normalized spacial score (nSPS) is 33.1. The number of ether oxygens (including phenoxy) is 1. The third kappa shape index (κ3) is 7.81. The Balaban J connectivity index is 2.40. The molecule has 4 N–H and O–H groups in total. The molecular weight excluding hydrogens is 476 g/mol. The van der Waals surface area contributed by atoms with E-state index in [1.54, 1.807) is 20.8 Å². The Hall–Kier alpha value is -1.87. The molecule has 0 unspecified atom stereocenters. The summed E-state index contributed by atoms with van der Waals surface area (Å²) in [5, 5.41) is 24.5. The van der Waals surface area contributed by atoms with Crippen molar-refractivity contribution in [2.24, 2.45) is 28.9 Å². The summed E-state index contributed by atoms with van der Waals surface area (Å²) >= 11 is 1.48. The van der Waals surface area contributed by atoms with Crippen molar-refractivity contribution in [1.82, 2.24) is 4.98 Å². The van der Waals surface area contributed by atoms with Crippen LogP contribution < -0.4 is 5.73 Å². The number of aromatic nitrogens is 1. The first-order valence-electron chi connectivity index (χ1n) is 12.9. The molecule has 1 aliphatic rings. The van der Waals surface area contributed by atoms with E-state index in [1.807, 2.05) is 32.2 Å². The number of rotatable bonds is 3. The zero-order valence-electron chi connectivity index (χ0n) is 22.8. The second-order valence-electron chi connectivity index (χ2n) is 11.0. The smallest absolute Gasteiger partial charge is 0.309 e. The van der Waals surface area contributed by atoms with E-state index in [9.17, 15) is 19.8 Å². The number of hydrogen-bond donors (Lipinski definition) is 3. The number of aliphatic hydroxyl groups excluding tert-OH is 2. The number of thiazole rings is 1. The van der Waals surface area contributed by atoms with Gasteiger partial charge in [0, 0.05) is 23.8 Å². The van der Waals surface area contributed by atoms with E-state index in [2.05, 4.69) is 18.0 Å². The quantitative estimate of drug-likeness (QED) is 0.391. The lowest BCUT2D eigenvalue weighted by molar-refractivity contribution is -0.155. The van der Waals surface area contributed by atoms with E-state index in [0.29, 0.717) is 6.54 Å². The number of cyclic esters (lactones) is 1. The largest absolute Gasteiger partial charge is 0.457 e. The first-order valence-corrected chi connectivity index (χ1v) is 13.8. The van der Waals surface area contributed by atoms with Crippen molar-refractivity contribution in [3.8, 4) is 0 Å². The Bertz CT molecular complexity index is 967. The summed E-state index contributed by atoms with van der Waals surface area (Å²) in [7, 11) is 0. The first-order chi connectivity index (χ1) is 16.8. The van der Waals surface area contributed by atoms with Crippen molar-refractivity contribution in [3.05, 3.63) is 33.3 Å². The average Bonchev–Trinajstić information content (AvgIpc) is 3.27. The highest BCUT2D eigenvalue weighted by Crippen LogP contribution is 2.33. The Kier molecular flexibility index (Phi) is 11.0. The summed E-state index contributed by atoms with van der Waals surface area (Å²) < 4.78 is 5.92. The molecule has 202 valence electrons. The van der Waals surface area contributed by atoms with Crippen molar-refractivity contribution in [1.29, 1.82) is 0 Å². The van der Waals surface area contributed by atoms with Crippen LogP contribution in [0.15, 0.2) is 22.6 Å². The topological polar surface area (TPSA) is 123 Å². The van der Waals surface area contributed by atoms with Gasteiger partial charge in [0.25, 0.3) is 0 Å². The molecule has 36 heavy (non-hydrogen) atoms. The van der Waals surface area contributed by atoms with Gasteiger partial charge in [0.15, 0.2) is 0 Å². The molecule has 1 aromatic heterocycles. The fraction of sp³-hybridized carbons (Fsp3) is 0.679. The SMILES string of the molecule is C/C1=C/[C@H](C)[C@@H](/C(C)=C/c2csc(CN)n2)OC(=O)C[C@H](O)C(C)(C)C(=O)[C@H](C)[C@@H](O)[C@@H](C)CCC1. The number of ketones is 1. The van der Waals surface area contributed by atoms with Crippen molar-refractivity contribution in [2.75, 3.05) is 0 Å². The fourth-order valence-electron chi connectivity index (χ4n) is 4.91. The molecular formula is C28H44N2O5S. The molecule has 7 nitrogen and oxygen atoms in total. The van der Waals surface area contributed by atoms with Crippen LogP contribution >= 0.6 is 11.3 Å². The molecule has 0 spiro atoms. The van der Waals surface area contributed by atoms with Crippen LogP contribution in [0.5, 0.6) is 0 Å². The van der Waals surface area contributed by atoms with Crippen molar-refractivity contribution < 1.29 is 24.5 Å². The lowest BCUT2D eigenvalue weighted by Gasteiger charge is -2.34. The number of allylic oxidation sites excluding steroid dienone is 1. The van der Waals surface area contributed by atoms with Crippen LogP contribution in [-0.4, -0.2) is 45.3 Å². The number of hydrogen-bond acceptors (Lipinski definition) is 8. The average molecular weight is 521 g/mol. The van der Waals surface area contributed by atoms with Gasteiger partial charge in [-0.2, -0.15) is 0 Å². The standard InChI is InChI=1S/C28H44N2O5S/c1-16-9-8-10-17(2)25(33)20(5)27(34)28(6,7)22(31)13-24(32)35-26(18(3)11-16)19(4)12-21-15-36-23(14-29)30-21/h11-12,15,17-18,20,22,25-26,31,33H,8-10,13-14,29H2,1-7H3/b16-11-,19-12+/t17-,18-,20+,22-,25-,26-/m0/s1. The minimum absolute atomic E-state index is 0.0607.